The van der Waals surface area contributed by atoms with Crippen LogP contribution in [0.15, 0.2) is 24.3 Å². The van der Waals surface area contributed by atoms with Crippen molar-refractivity contribution < 1.29 is 19.4 Å². The summed E-state index contributed by atoms with van der Waals surface area (Å²) >= 11 is 0. The zero-order chi connectivity index (χ0) is 15.0. The van der Waals surface area contributed by atoms with E-state index < -0.39 is 12.1 Å². The largest absolute Gasteiger partial charge is 0.479 e. The summed E-state index contributed by atoms with van der Waals surface area (Å²) < 4.78 is 5.49. The van der Waals surface area contributed by atoms with E-state index in [2.05, 4.69) is 0 Å². The second kappa shape index (κ2) is 8.35. The van der Waals surface area contributed by atoms with Crippen molar-refractivity contribution in [1.29, 1.82) is 0 Å². The highest BCUT2D eigenvalue weighted by Gasteiger charge is 2.18. The number of ketones is 1. The fourth-order valence-electron chi connectivity index (χ4n) is 1.84. The molecule has 0 aliphatic rings. The summed E-state index contributed by atoms with van der Waals surface area (Å²) in [5, 5.41) is 9.10. The Balaban J connectivity index is 2.58. The molecule has 0 amide bonds. The first-order valence-electron chi connectivity index (χ1n) is 7.00. The number of carbonyl (C=O) groups excluding carboxylic acids is 1. The van der Waals surface area contributed by atoms with Crippen LogP contribution >= 0.6 is 0 Å². The van der Waals surface area contributed by atoms with Gasteiger partial charge in [-0.05, 0) is 43.9 Å². The molecular weight excluding hydrogens is 256 g/mol. The van der Waals surface area contributed by atoms with E-state index in [0.29, 0.717) is 25.0 Å². The molecule has 0 aliphatic heterocycles. The first kappa shape index (κ1) is 16.2. The summed E-state index contributed by atoms with van der Waals surface area (Å²) in [5.74, 6) is -0.213. The molecule has 0 aromatic heterocycles. The average molecular weight is 278 g/mol. The van der Waals surface area contributed by atoms with Crippen LogP contribution in [-0.4, -0.2) is 23.0 Å². The summed E-state index contributed by atoms with van der Waals surface area (Å²) in [6.07, 6.45) is 2.71. The van der Waals surface area contributed by atoms with Gasteiger partial charge in [0.1, 0.15) is 11.5 Å². The molecule has 0 saturated heterocycles. The lowest BCUT2D eigenvalue weighted by Crippen LogP contribution is -2.26. The molecule has 0 spiro atoms. The van der Waals surface area contributed by atoms with E-state index in [1.807, 2.05) is 19.1 Å². The van der Waals surface area contributed by atoms with Crippen molar-refractivity contribution in [3.8, 4) is 5.75 Å². The molecule has 0 heterocycles. The molecule has 1 unspecified atom stereocenters. The van der Waals surface area contributed by atoms with Crippen LogP contribution in [0.2, 0.25) is 0 Å². The van der Waals surface area contributed by atoms with Gasteiger partial charge in [0.15, 0.2) is 6.10 Å². The molecule has 20 heavy (non-hydrogen) atoms. The zero-order valence-corrected chi connectivity index (χ0v) is 12.1. The van der Waals surface area contributed by atoms with Crippen LogP contribution in [0.5, 0.6) is 5.75 Å². The minimum Gasteiger partial charge on any atom is -0.479 e. The standard InChI is InChI=1S/C16H22O4/c1-3-4-5-15(16(18)19)20-14-10-8-13(9-11-14)7-6-12(2)17/h8-11,15H,3-7H2,1-2H3,(H,18,19). The van der Waals surface area contributed by atoms with Gasteiger partial charge in [0, 0.05) is 6.42 Å². The van der Waals surface area contributed by atoms with Gasteiger partial charge >= 0.3 is 5.97 Å². The number of ether oxygens (including phenoxy) is 1. The lowest BCUT2D eigenvalue weighted by Gasteiger charge is -2.15. The van der Waals surface area contributed by atoms with Gasteiger partial charge < -0.3 is 14.6 Å². The van der Waals surface area contributed by atoms with Crippen molar-refractivity contribution in [2.24, 2.45) is 0 Å². The third-order valence-electron chi connectivity index (χ3n) is 3.06. The van der Waals surface area contributed by atoms with Crippen LogP contribution in [0.25, 0.3) is 0 Å². The van der Waals surface area contributed by atoms with Crippen LogP contribution < -0.4 is 4.74 Å². The Kier molecular flexibility index (Phi) is 6.77. The van der Waals surface area contributed by atoms with Gasteiger partial charge in [0.25, 0.3) is 0 Å². The lowest BCUT2D eigenvalue weighted by atomic mass is 10.1. The number of hydrogen-bond donors (Lipinski definition) is 1. The number of carboxylic acid groups (broad SMARTS) is 1. The first-order valence-corrected chi connectivity index (χ1v) is 7.00. The summed E-state index contributed by atoms with van der Waals surface area (Å²) in [6, 6.07) is 7.27. The molecule has 0 aliphatic carbocycles. The summed E-state index contributed by atoms with van der Waals surface area (Å²) in [5.41, 5.74) is 1.05. The highest BCUT2D eigenvalue weighted by atomic mass is 16.5. The number of rotatable bonds is 9. The fourth-order valence-corrected chi connectivity index (χ4v) is 1.84. The first-order chi connectivity index (χ1) is 9.52. The Morgan fingerprint density at radius 3 is 2.40 bits per heavy atom. The number of carbonyl (C=O) groups is 2. The Bertz CT molecular complexity index is 436. The highest BCUT2D eigenvalue weighted by molar-refractivity contribution is 5.75. The third-order valence-corrected chi connectivity index (χ3v) is 3.06. The van der Waals surface area contributed by atoms with E-state index in [1.165, 1.54) is 0 Å². The number of hydrogen-bond acceptors (Lipinski definition) is 3. The van der Waals surface area contributed by atoms with Crippen molar-refractivity contribution in [3.05, 3.63) is 29.8 Å². The predicted molar refractivity (Wildman–Crippen MR) is 77.0 cm³/mol. The monoisotopic (exact) mass is 278 g/mol. The molecule has 1 rings (SSSR count). The number of unbranched alkanes of at least 4 members (excludes halogenated alkanes) is 1. The van der Waals surface area contributed by atoms with Crippen molar-refractivity contribution in [2.75, 3.05) is 0 Å². The van der Waals surface area contributed by atoms with Crippen molar-refractivity contribution in [1.82, 2.24) is 0 Å². The van der Waals surface area contributed by atoms with E-state index in [1.54, 1.807) is 19.1 Å². The smallest absolute Gasteiger partial charge is 0.344 e. The van der Waals surface area contributed by atoms with Gasteiger partial charge in [-0.1, -0.05) is 25.5 Å². The number of benzene rings is 1. The van der Waals surface area contributed by atoms with E-state index in [4.69, 9.17) is 9.84 Å². The molecule has 1 atom stereocenters. The van der Waals surface area contributed by atoms with Gasteiger partial charge in [-0.15, -0.1) is 0 Å². The van der Waals surface area contributed by atoms with Crippen LogP contribution in [0.3, 0.4) is 0 Å². The fraction of sp³-hybridized carbons (Fsp3) is 0.500. The third kappa shape index (κ3) is 5.87. The molecule has 0 fully saturated rings. The maximum atomic E-state index is 11.1. The van der Waals surface area contributed by atoms with Gasteiger partial charge in [0.2, 0.25) is 0 Å². The molecule has 4 nitrogen and oxygen atoms in total. The molecule has 1 aromatic carbocycles. The molecule has 110 valence electrons. The van der Waals surface area contributed by atoms with Crippen LogP contribution in [0.4, 0.5) is 0 Å². The normalized spacial score (nSPS) is 11.9. The van der Waals surface area contributed by atoms with Crippen molar-refractivity contribution in [2.45, 2.75) is 52.1 Å². The van der Waals surface area contributed by atoms with Crippen LogP contribution in [-0.2, 0) is 16.0 Å². The maximum absolute atomic E-state index is 11.1. The topological polar surface area (TPSA) is 63.6 Å². The second-order valence-corrected chi connectivity index (χ2v) is 4.93. The molecule has 0 saturated carbocycles. The Morgan fingerprint density at radius 1 is 1.25 bits per heavy atom. The minimum absolute atomic E-state index is 0.163. The van der Waals surface area contributed by atoms with Crippen molar-refractivity contribution in [3.63, 3.8) is 0 Å². The summed E-state index contributed by atoms with van der Waals surface area (Å²) in [4.78, 5) is 22.0. The number of carboxylic acids is 1. The zero-order valence-electron chi connectivity index (χ0n) is 12.1. The van der Waals surface area contributed by atoms with Crippen molar-refractivity contribution >= 4 is 11.8 Å². The Hall–Kier alpha value is -1.84. The maximum Gasteiger partial charge on any atom is 0.344 e. The minimum atomic E-state index is -0.931. The number of aliphatic carboxylic acids is 1. The number of Topliss-reactive ketones (excluding diaryl/α,β-unsaturated/α-hetero) is 1. The lowest BCUT2D eigenvalue weighted by molar-refractivity contribution is -0.145. The van der Waals surface area contributed by atoms with Gasteiger partial charge in [-0.25, -0.2) is 4.79 Å². The van der Waals surface area contributed by atoms with Crippen LogP contribution in [0.1, 0.15) is 45.1 Å². The van der Waals surface area contributed by atoms with Crippen LogP contribution in [0, 0.1) is 0 Å². The molecule has 1 N–H and O–H groups in total. The van der Waals surface area contributed by atoms with Gasteiger partial charge in [-0.3, -0.25) is 0 Å². The highest BCUT2D eigenvalue weighted by Crippen LogP contribution is 2.17. The summed E-state index contributed by atoms with van der Waals surface area (Å²) in [7, 11) is 0. The molecule has 0 bridgehead atoms. The average Bonchev–Trinajstić information content (AvgIpc) is 2.42. The van der Waals surface area contributed by atoms with E-state index in [-0.39, 0.29) is 5.78 Å². The van der Waals surface area contributed by atoms with E-state index in [9.17, 15) is 9.59 Å². The van der Waals surface area contributed by atoms with Gasteiger partial charge in [0.05, 0.1) is 0 Å². The van der Waals surface area contributed by atoms with E-state index >= 15 is 0 Å². The summed E-state index contributed by atoms with van der Waals surface area (Å²) in [6.45, 7) is 3.59. The predicted octanol–water partition coefficient (Wildman–Crippen LogP) is 3.23. The molecule has 1 aromatic rings. The number of aryl methyl sites for hydroxylation is 1. The Morgan fingerprint density at radius 2 is 1.90 bits per heavy atom. The molecule has 0 radical (unpaired) electrons. The quantitative estimate of drug-likeness (QED) is 0.753. The second-order valence-electron chi connectivity index (χ2n) is 4.93. The van der Waals surface area contributed by atoms with Gasteiger partial charge in [-0.2, -0.15) is 0 Å². The molecule has 4 heteroatoms. The Labute approximate surface area is 119 Å². The molecular formula is C16H22O4. The van der Waals surface area contributed by atoms with E-state index in [0.717, 1.165) is 18.4 Å². The SMILES string of the molecule is CCCCC(Oc1ccc(CCC(C)=O)cc1)C(=O)O.